The first-order chi connectivity index (χ1) is 8.98. The number of carbonyl (C=O) groups is 2. The predicted molar refractivity (Wildman–Crippen MR) is 72.8 cm³/mol. The van der Waals surface area contributed by atoms with Crippen molar-refractivity contribution >= 4 is 27.8 Å². The number of aliphatic carboxylic acids is 1. The molecule has 19 heavy (non-hydrogen) atoms. The standard InChI is InChI=1S/C13H15BrN2O3/c1-2-13(12(18)19)3-4-16(8-13)11(17)9-5-10(14)7-15-6-9/h5-7H,2-4,8H2,1H3,(H,18,19). The van der Waals surface area contributed by atoms with Crippen LogP contribution >= 0.6 is 15.9 Å². The first-order valence-corrected chi connectivity index (χ1v) is 6.91. The number of aromatic nitrogens is 1. The Morgan fingerprint density at radius 1 is 1.53 bits per heavy atom. The summed E-state index contributed by atoms with van der Waals surface area (Å²) >= 11 is 3.27. The van der Waals surface area contributed by atoms with Crippen LogP contribution in [0.4, 0.5) is 0 Å². The largest absolute Gasteiger partial charge is 0.481 e. The number of hydrogen-bond acceptors (Lipinski definition) is 3. The van der Waals surface area contributed by atoms with Crippen molar-refractivity contribution in [3.8, 4) is 0 Å². The summed E-state index contributed by atoms with van der Waals surface area (Å²) in [5, 5.41) is 9.32. The van der Waals surface area contributed by atoms with Crippen molar-refractivity contribution < 1.29 is 14.7 Å². The topological polar surface area (TPSA) is 70.5 Å². The van der Waals surface area contributed by atoms with Crippen LogP contribution in [0, 0.1) is 5.41 Å². The van der Waals surface area contributed by atoms with Crippen molar-refractivity contribution in [2.75, 3.05) is 13.1 Å². The number of amides is 1. The number of carboxylic acids is 1. The molecular weight excluding hydrogens is 312 g/mol. The van der Waals surface area contributed by atoms with E-state index >= 15 is 0 Å². The molecule has 102 valence electrons. The Bertz CT molecular complexity index is 520. The first kappa shape index (κ1) is 14.0. The Morgan fingerprint density at radius 2 is 2.26 bits per heavy atom. The van der Waals surface area contributed by atoms with E-state index in [1.807, 2.05) is 6.92 Å². The van der Waals surface area contributed by atoms with Crippen molar-refractivity contribution in [2.45, 2.75) is 19.8 Å². The first-order valence-electron chi connectivity index (χ1n) is 6.12. The van der Waals surface area contributed by atoms with Crippen LogP contribution in [-0.2, 0) is 4.79 Å². The summed E-state index contributed by atoms with van der Waals surface area (Å²) in [5.41, 5.74) is -0.318. The number of hydrogen-bond donors (Lipinski definition) is 1. The van der Waals surface area contributed by atoms with Crippen LogP contribution in [0.3, 0.4) is 0 Å². The number of carboxylic acid groups (broad SMARTS) is 1. The molecule has 0 aliphatic carbocycles. The van der Waals surface area contributed by atoms with Gasteiger partial charge < -0.3 is 10.0 Å². The molecule has 1 amide bonds. The van der Waals surface area contributed by atoms with Crippen LogP contribution in [0.1, 0.15) is 30.1 Å². The Labute approximate surface area is 119 Å². The maximum Gasteiger partial charge on any atom is 0.311 e. The van der Waals surface area contributed by atoms with Crippen molar-refractivity contribution in [3.63, 3.8) is 0 Å². The van der Waals surface area contributed by atoms with E-state index in [0.29, 0.717) is 24.9 Å². The van der Waals surface area contributed by atoms with Crippen molar-refractivity contribution in [1.29, 1.82) is 0 Å². The van der Waals surface area contributed by atoms with Gasteiger partial charge in [0, 0.05) is 30.0 Å². The van der Waals surface area contributed by atoms with Crippen molar-refractivity contribution in [3.05, 3.63) is 28.5 Å². The van der Waals surface area contributed by atoms with Crippen LogP contribution in [-0.4, -0.2) is 40.0 Å². The van der Waals surface area contributed by atoms with E-state index in [2.05, 4.69) is 20.9 Å². The maximum absolute atomic E-state index is 12.3. The van der Waals surface area contributed by atoms with Gasteiger partial charge in [-0.2, -0.15) is 0 Å². The number of carbonyl (C=O) groups excluding carboxylic acids is 1. The molecule has 1 aliphatic heterocycles. The molecule has 0 saturated carbocycles. The summed E-state index contributed by atoms with van der Waals surface area (Å²) in [6.07, 6.45) is 4.14. The van der Waals surface area contributed by atoms with Crippen LogP contribution in [0.5, 0.6) is 0 Å². The molecule has 1 N–H and O–H groups in total. The summed E-state index contributed by atoms with van der Waals surface area (Å²) in [6, 6.07) is 1.70. The van der Waals surface area contributed by atoms with Crippen LogP contribution in [0.25, 0.3) is 0 Å². The number of halogens is 1. The van der Waals surface area contributed by atoms with Gasteiger partial charge in [-0.3, -0.25) is 14.6 Å². The van der Waals surface area contributed by atoms with E-state index in [1.54, 1.807) is 17.2 Å². The zero-order chi connectivity index (χ0) is 14.0. The minimum absolute atomic E-state index is 0.162. The van der Waals surface area contributed by atoms with Gasteiger partial charge in [-0.15, -0.1) is 0 Å². The van der Waals surface area contributed by atoms with Gasteiger partial charge in [-0.25, -0.2) is 0 Å². The van der Waals surface area contributed by atoms with E-state index in [1.165, 1.54) is 6.20 Å². The zero-order valence-electron chi connectivity index (χ0n) is 10.6. The van der Waals surface area contributed by atoms with Gasteiger partial charge in [0.05, 0.1) is 11.0 Å². The molecule has 1 fully saturated rings. The highest BCUT2D eigenvalue weighted by atomic mass is 79.9. The minimum atomic E-state index is -0.822. The molecule has 0 spiro atoms. The molecular formula is C13H15BrN2O3. The molecule has 1 aliphatic rings. The van der Waals surface area contributed by atoms with Crippen LogP contribution in [0.15, 0.2) is 22.9 Å². The Morgan fingerprint density at radius 3 is 2.79 bits per heavy atom. The summed E-state index contributed by atoms with van der Waals surface area (Å²) in [4.78, 5) is 29.2. The smallest absolute Gasteiger partial charge is 0.311 e. The summed E-state index contributed by atoms with van der Waals surface area (Å²) in [5.74, 6) is -0.983. The lowest BCUT2D eigenvalue weighted by molar-refractivity contribution is -0.148. The fourth-order valence-corrected chi connectivity index (χ4v) is 2.74. The minimum Gasteiger partial charge on any atom is -0.481 e. The van der Waals surface area contributed by atoms with E-state index in [-0.39, 0.29) is 12.5 Å². The van der Waals surface area contributed by atoms with Gasteiger partial charge in [0.2, 0.25) is 0 Å². The summed E-state index contributed by atoms with van der Waals surface area (Å²) in [7, 11) is 0. The Hall–Kier alpha value is -1.43. The molecule has 0 bridgehead atoms. The molecule has 1 aromatic heterocycles. The SMILES string of the molecule is CCC1(C(=O)O)CCN(C(=O)c2cncc(Br)c2)C1. The maximum atomic E-state index is 12.3. The molecule has 2 heterocycles. The van der Waals surface area contributed by atoms with Crippen LogP contribution < -0.4 is 0 Å². The van der Waals surface area contributed by atoms with Crippen molar-refractivity contribution in [1.82, 2.24) is 9.88 Å². The molecule has 5 nitrogen and oxygen atoms in total. The Balaban J connectivity index is 2.17. The lowest BCUT2D eigenvalue weighted by Gasteiger charge is -2.23. The molecule has 6 heteroatoms. The van der Waals surface area contributed by atoms with E-state index < -0.39 is 11.4 Å². The second-order valence-electron chi connectivity index (χ2n) is 4.81. The average Bonchev–Trinajstić information content (AvgIpc) is 2.83. The monoisotopic (exact) mass is 326 g/mol. The highest BCUT2D eigenvalue weighted by Crippen LogP contribution is 2.34. The third-order valence-corrected chi connectivity index (χ3v) is 4.16. The fourth-order valence-electron chi connectivity index (χ4n) is 2.37. The molecule has 1 unspecified atom stereocenters. The van der Waals surface area contributed by atoms with Gasteiger partial charge in [0.25, 0.3) is 5.91 Å². The van der Waals surface area contributed by atoms with Crippen LogP contribution in [0.2, 0.25) is 0 Å². The Kier molecular flexibility index (Phi) is 3.89. The molecule has 1 saturated heterocycles. The second-order valence-corrected chi connectivity index (χ2v) is 5.72. The summed E-state index contributed by atoms with van der Waals surface area (Å²) < 4.78 is 0.734. The fraction of sp³-hybridized carbons (Fsp3) is 0.462. The third-order valence-electron chi connectivity index (χ3n) is 3.72. The second kappa shape index (κ2) is 5.28. The predicted octanol–water partition coefficient (Wildman–Crippen LogP) is 2.17. The molecule has 1 atom stereocenters. The number of pyridine rings is 1. The normalized spacial score (nSPS) is 22.5. The molecule has 1 aromatic rings. The average molecular weight is 327 g/mol. The highest BCUT2D eigenvalue weighted by molar-refractivity contribution is 9.10. The van der Waals surface area contributed by atoms with Gasteiger partial charge >= 0.3 is 5.97 Å². The third kappa shape index (κ3) is 2.63. The van der Waals surface area contributed by atoms with Gasteiger partial charge in [0.1, 0.15) is 0 Å². The van der Waals surface area contributed by atoms with Gasteiger partial charge in [-0.1, -0.05) is 6.92 Å². The van der Waals surface area contributed by atoms with E-state index in [0.717, 1.165) is 4.47 Å². The lowest BCUT2D eigenvalue weighted by atomic mass is 9.84. The van der Waals surface area contributed by atoms with Gasteiger partial charge in [-0.05, 0) is 34.8 Å². The molecule has 2 rings (SSSR count). The molecule has 0 aromatic carbocycles. The number of rotatable bonds is 3. The van der Waals surface area contributed by atoms with E-state index in [9.17, 15) is 14.7 Å². The van der Waals surface area contributed by atoms with Crippen molar-refractivity contribution in [2.24, 2.45) is 5.41 Å². The molecule has 0 radical (unpaired) electrons. The summed E-state index contributed by atoms with van der Waals surface area (Å²) in [6.45, 7) is 2.60. The lowest BCUT2D eigenvalue weighted by Crippen LogP contribution is -2.36. The zero-order valence-corrected chi connectivity index (χ0v) is 12.2. The quantitative estimate of drug-likeness (QED) is 0.924. The van der Waals surface area contributed by atoms with E-state index in [4.69, 9.17) is 0 Å². The highest BCUT2D eigenvalue weighted by Gasteiger charge is 2.44. The number of likely N-dealkylation sites (tertiary alicyclic amines) is 1. The van der Waals surface area contributed by atoms with Gasteiger partial charge in [0.15, 0.2) is 0 Å². The number of nitrogens with zero attached hydrogens (tertiary/aromatic N) is 2.